The molecule has 2 atom stereocenters. The smallest absolute Gasteiger partial charge is 0.230 e. The minimum atomic E-state index is -0.430. The number of nitrogens with zero attached hydrogens (tertiary/aromatic N) is 2. The zero-order valence-corrected chi connectivity index (χ0v) is 14.1. The molecule has 0 saturated carbocycles. The van der Waals surface area contributed by atoms with Crippen LogP contribution in [0, 0.1) is 0 Å². The van der Waals surface area contributed by atoms with Crippen molar-refractivity contribution >= 4 is 23.4 Å². The average Bonchev–Trinajstić information content (AvgIpc) is 2.57. The van der Waals surface area contributed by atoms with Gasteiger partial charge in [-0.2, -0.15) is 0 Å². The van der Waals surface area contributed by atoms with E-state index >= 15 is 0 Å². The molecule has 1 aromatic carbocycles. The van der Waals surface area contributed by atoms with Crippen LogP contribution in [-0.2, 0) is 14.4 Å². The molecule has 128 valence electrons. The third kappa shape index (κ3) is 3.13. The number of hydrogen-bond acceptors (Lipinski definition) is 3. The first-order valence-corrected chi connectivity index (χ1v) is 8.38. The lowest BCUT2D eigenvalue weighted by atomic mass is 9.87. The van der Waals surface area contributed by atoms with E-state index in [1.54, 1.807) is 16.8 Å². The summed E-state index contributed by atoms with van der Waals surface area (Å²) < 4.78 is 0. The first kappa shape index (κ1) is 16.5. The third-order valence-corrected chi connectivity index (χ3v) is 4.86. The van der Waals surface area contributed by atoms with Gasteiger partial charge in [-0.15, -0.1) is 0 Å². The molecule has 0 aromatic heterocycles. The Morgan fingerprint density at radius 2 is 2.00 bits per heavy atom. The molecule has 1 fully saturated rings. The molecule has 3 rings (SSSR count). The van der Waals surface area contributed by atoms with Crippen molar-refractivity contribution in [3.8, 4) is 0 Å². The fraction of sp³-hybridized carbons (Fsp3) is 0.500. The van der Waals surface area contributed by atoms with E-state index in [1.165, 1.54) is 6.92 Å². The summed E-state index contributed by atoms with van der Waals surface area (Å²) in [5.74, 6) is -0.559. The second-order valence-corrected chi connectivity index (χ2v) is 6.59. The summed E-state index contributed by atoms with van der Waals surface area (Å²) in [5.41, 5.74) is 1.72. The van der Waals surface area contributed by atoms with Gasteiger partial charge in [0.2, 0.25) is 17.7 Å². The standard InChI is InChI=1S/C18H23N3O3/c1-12(22)19-13-6-5-9-21(11-13)18(24)15-10-17(23)20(2)16-8-4-3-7-14(15)16/h3-4,7-8,13,15H,5-6,9-11H2,1-2H3,(H,19,22). The van der Waals surface area contributed by atoms with Gasteiger partial charge in [0.05, 0.1) is 5.92 Å². The van der Waals surface area contributed by atoms with Gasteiger partial charge < -0.3 is 15.1 Å². The second-order valence-electron chi connectivity index (χ2n) is 6.59. The number of benzene rings is 1. The molecule has 1 saturated heterocycles. The number of amides is 3. The first-order valence-electron chi connectivity index (χ1n) is 8.38. The van der Waals surface area contributed by atoms with Gasteiger partial charge in [0.1, 0.15) is 0 Å². The monoisotopic (exact) mass is 329 g/mol. The van der Waals surface area contributed by atoms with Gasteiger partial charge in [0, 0.05) is 45.2 Å². The molecule has 2 aliphatic rings. The highest BCUT2D eigenvalue weighted by atomic mass is 16.2. The first-order chi connectivity index (χ1) is 11.5. The van der Waals surface area contributed by atoms with Gasteiger partial charge in [-0.3, -0.25) is 14.4 Å². The Morgan fingerprint density at radius 3 is 2.75 bits per heavy atom. The van der Waals surface area contributed by atoms with Crippen LogP contribution in [0.4, 0.5) is 5.69 Å². The molecule has 0 aliphatic carbocycles. The van der Waals surface area contributed by atoms with Gasteiger partial charge in [-0.05, 0) is 24.5 Å². The van der Waals surface area contributed by atoms with Crippen molar-refractivity contribution in [2.45, 2.75) is 38.1 Å². The maximum absolute atomic E-state index is 13.0. The van der Waals surface area contributed by atoms with Crippen molar-refractivity contribution in [1.82, 2.24) is 10.2 Å². The topological polar surface area (TPSA) is 69.7 Å². The molecule has 6 heteroatoms. The number of rotatable bonds is 2. The quantitative estimate of drug-likeness (QED) is 0.888. The minimum Gasteiger partial charge on any atom is -0.352 e. The number of likely N-dealkylation sites (tertiary alicyclic amines) is 1. The third-order valence-electron chi connectivity index (χ3n) is 4.86. The average molecular weight is 329 g/mol. The van der Waals surface area contributed by atoms with E-state index < -0.39 is 5.92 Å². The van der Waals surface area contributed by atoms with Crippen LogP contribution in [0.25, 0.3) is 0 Å². The molecular weight excluding hydrogens is 306 g/mol. The maximum atomic E-state index is 13.0. The van der Waals surface area contributed by atoms with Crippen LogP contribution in [0.5, 0.6) is 0 Å². The Morgan fingerprint density at radius 1 is 1.25 bits per heavy atom. The van der Waals surface area contributed by atoms with E-state index in [-0.39, 0.29) is 30.2 Å². The van der Waals surface area contributed by atoms with Crippen molar-refractivity contribution in [2.24, 2.45) is 0 Å². The van der Waals surface area contributed by atoms with E-state index in [0.29, 0.717) is 13.1 Å². The minimum absolute atomic E-state index is 0.00240. The van der Waals surface area contributed by atoms with Crippen LogP contribution in [0.1, 0.15) is 37.7 Å². The molecule has 2 aliphatic heterocycles. The van der Waals surface area contributed by atoms with E-state index in [4.69, 9.17) is 0 Å². The molecule has 6 nitrogen and oxygen atoms in total. The predicted molar refractivity (Wildman–Crippen MR) is 90.6 cm³/mol. The van der Waals surface area contributed by atoms with E-state index in [2.05, 4.69) is 5.32 Å². The highest BCUT2D eigenvalue weighted by molar-refractivity contribution is 6.02. The maximum Gasteiger partial charge on any atom is 0.230 e. The van der Waals surface area contributed by atoms with Crippen molar-refractivity contribution < 1.29 is 14.4 Å². The van der Waals surface area contributed by atoms with Crippen LogP contribution in [0.3, 0.4) is 0 Å². The molecule has 0 bridgehead atoms. The Kier molecular flexibility index (Phi) is 4.55. The molecule has 24 heavy (non-hydrogen) atoms. The van der Waals surface area contributed by atoms with Crippen LogP contribution in [0.2, 0.25) is 0 Å². The summed E-state index contributed by atoms with van der Waals surface area (Å²) in [7, 11) is 1.75. The Labute approximate surface area is 141 Å². The predicted octanol–water partition coefficient (Wildman–Crippen LogP) is 1.26. The fourth-order valence-electron chi connectivity index (χ4n) is 3.67. The van der Waals surface area contributed by atoms with E-state index in [9.17, 15) is 14.4 Å². The summed E-state index contributed by atoms with van der Waals surface area (Å²) in [5, 5.41) is 2.90. The lowest BCUT2D eigenvalue weighted by Crippen LogP contribution is -2.51. The summed E-state index contributed by atoms with van der Waals surface area (Å²) >= 11 is 0. The fourth-order valence-corrected chi connectivity index (χ4v) is 3.67. The summed E-state index contributed by atoms with van der Waals surface area (Å²) in [6.45, 7) is 2.69. The Balaban J connectivity index is 1.81. The van der Waals surface area contributed by atoms with Crippen molar-refractivity contribution in [2.75, 3.05) is 25.0 Å². The lowest BCUT2D eigenvalue weighted by Gasteiger charge is -2.37. The molecule has 2 heterocycles. The largest absolute Gasteiger partial charge is 0.352 e. The van der Waals surface area contributed by atoms with Gasteiger partial charge in [-0.1, -0.05) is 18.2 Å². The summed E-state index contributed by atoms with van der Waals surface area (Å²) in [6.07, 6.45) is 1.94. The Bertz CT molecular complexity index is 673. The molecule has 0 spiro atoms. The molecule has 2 unspecified atom stereocenters. The van der Waals surface area contributed by atoms with Crippen LogP contribution >= 0.6 is 0 Å². The second kappa shape index (κ2) is 6.63. The number of piperidine rings is 1. The van der Waals surface area contributed by atoms with E-state index in [1.807, 2.05) is 24.3 Å². The SMILES string of the molecule is CC(=O)NC1CCCN(C(=O)C2CC(=O)N(C)c3ccccc32)C1. The van der Waals surface area contributed by atoms with Crippen LogP contribution in [-0.4, -0.2) is 48.8 Å². The number of carbonyl (C=O) groups is 3. The number of nitrogens with one attached hydrogen (secondary N) is 1. The van der Waals surface area contributed by atoms with Gasteiger partial charge in [-0.25, -0.2) is 0 Å². The highest BCUT2D eigenvalue weighted by Crippen LogP contribution is 2.36. The molecular formula is C18H23N3O3. The lowest BCUT2D eigenvalue weighted by molar-refractivity contribution is -0.137. The Hall–Kier alpha value is -2.37. The number of anilines is 1. The molecule has 3 amide bonds. The van der Waals surface area contributed by atoms with Gasteiger partial charge in [0.25, 0.3) is 0 Å². The van der Waals surface area contributed by atoms with E-state index in [0.717, 1.165) is 24.1 Å². The summed E-state index contributed by atoms with van der Waals surface area (Å²) in [4.78, 5) is 40.0. The van der Waals surface area contributed by atoms with Crippen LogP contribution < -0.4 is 10.2 Å². The van der Waals surface area contributed by atoms with Gasteiger partial charge in [0.15, 0.2) is 0 Å². The number of para-hydroxylation sites is 1. The number of carbonyl (C=O) groups excluding carboxylic acids is 3. The summed E-state index contributed by atoms with van der Waals surface area (Å²) in [6, 6.07) is 7.58. The molecule has 0 radical (unpaired) electrons. The van der Waals surface area contributed by atoms with Crippen molar-refractivity contribution in [1.29, 1.82) is 0 Å². The normalized spacial score (nSPS) is 23.7. The van der Waals surface area contributed by atoms with Crippen molar-refractivity contribution in [3.05, 3.63) is 29.8 Å². The zero-order valence-electron chi connectivity index (χ0n) is 14.1. The van der Waals surface area contributed by atoms with Crippen LogP contribution in [0.15, 0.2) is 24.3 Å². The van der Waals surface area contributed by atoms with Gasteiger partial charge >= 0.3 is 0 Å². The number of fused-ring (bicyclic) bond motifs is 1. The molecule has 1 N–H and O–H groups in total. The number of hydrogen-bond donors (Lipinski definition) is 1. The zero-order chi connectivity index (χ0) is 17.3. The van der Waals surface area contributed by atoms with Crippen molar-refractivity contribution in [3.63, 3.8) is 0 Å². The molecule has 1 aromatic rings. The highest BCUT2D eigenvalue weighted by Gasteiger charge is 2.37.